The van der Waals surface area contributed by atoms with E-state index < -0.39 is 0 Å². The minimum absolute atomic E-state index is 1.08. The molecule has 0 fully saturated rings. The third kappa shape index (κ3) is 6.03. The number of hydrogen-bond acceptors (Lipinski definition) is 1. The molecule has 1 heteroatoms. The molecule has 0 amide bonds. The molecule has 0 saturated carbocycles. The van der Waals surface area contributed by atoms with E-state index in [0.29, 0.717) is 0 Å². The molecule has 2 aromatic rings. The van der Waals surface area contributed by atoms with E-state index in [4.69, 9.17) is 0 Å². The molecule has 0 aliphatic carbocycles. The zero-order chi connectivity index (χ0) is 16.3. The summed E-state index contributed by atoms with van der Waals surface area (Å²) in [6.45, 7) is 12.3. The Bertz CT molecular complexity index is 503. The second-order valence-electron chi connectivity index (χ2n) is 4.42. The van der Waals surface area contributed by atoms with Crippen LogP contribution in [-0.2, 0) is 6.42 Å². The van der Waals surface area contributed by atoms with Crippen LogP contribution < -0.4 is 4.90 Å². The highest BCUT2D eigenvalue weighted by molar-refractivity contribution is 5.63. The lowest BCUT2D eigenvalue weighted by atomic mass is 10.1. The predicted molar refractivity (Wildman–Crippen MR) is 97.8 cm³/mol. The van der Waals surface area contributed by atoms with Crippen molar-refractivity contribution in [3.8, 4) is 0 Å². The van der Waals surface area contributed by atoms with Crippen LogP contribution in [0.1, 0.15) is 45.7 Å². The van der Waals surface area contributed by atoms with Gasteiger partial charge in [0.15, 0.2) is 0 Å². The molecule has 21 heavy (non-hydrogen) atoms. The molecule has 2 aromatic carbocycles. The van der Waals surface area contributed by atoms with Crippen molar-refractivity contribution in [1.82, 2.24) is 0 Å². The van der Waals surface area contributed by atoms with Crippen LogP contribution in [0.3, 0.4) is 0 Å². The van der Waals surface area contributed by atoms with Gasteiger partial charge in [-0.3, -0.25) is 0 Å². The van der Waals surface area contributed by atoms with Gasteiger partial charge < -0.3 is 4.90 Å². The van der Waals surface area contributed by atoms with Crippen LogP contribution in [0.2, 0.25) is 0 Å². The fraction of sp³-hybridized carbons (Fsp3) is 0.400. The Morgan fingerprint density at radius 2 is 1.33 bits per heavy atom. The largest absolute Gasteiger partial charge is 0.345 e. The molecule has 0 N–H and O–H groups in total. The fourth-order valence-corrected chi connectivity index (χ4v) is 1.97. The zero-order valence-electron chi connectivity index (χ0n) is 14.8. The summed E-state index contributed by atoms with van der Waals surface area (Å²) in [5.41, 5.74) is 5.15. The Morgan fingerprint density at radius 3 is 1.86 bits per heavy atom. The molecule has 0 spiro atoms. The molecule has 0 aliphatic rings. The van der Waals surface area contributed by atoms with Gasteiger partial charge in [-0.15, -0.1) is 0 Å². The van der Waals surface area contributed by atoms with Crippen LogP contribution in [0, 0.1) is 6.92 Å². The monoisotopic (exact) mass is 285 g/mol. The maximum absolute atomic E-state index is 2.25. The van der Waals surface area contributed by atoms with Gasteiger partial charge in [0.25, 0.3) is 0 Å². The number of hydrogen-bond donors (Lipinski definition) is 0. The van der Waals surface area contributed by atoms with Crippen molar-refractivity contribution in [2.75, 3.05) is 11.9 Å². The van der Waals surface area contributed by atoms with Crippen molar-refractivity contribution in [2.45, 2.75) is 48.0 Å². The molecule has 0 aromatic heterocycles. The number of benzene rings is 2. The molecule has 0 heterocycles. The summed E-state index contributed by atoms with van der Waals surface area (Å²) in [6.07, 6.45) is 1.08. The van der Waals surface area contributed by atoms with Gasteiger partial charge in [-0.2, -0.15) is 0 Å². The van der Waals surface area contributed by atoms with Gasteiger partial charge in [0.05, 0.1) is 0 Å². The molecule has 0 aliphatic heterocycles. The van der Waals surface area contributed by atoms with Crippen LogP contribution >= 0.6 is 0 Å². The molecular formula is C20H31N. The van der Waals surface area contributed by atoms with E-state index in [-0.39, 0.29) is 0 Å². The van der Waals surface area contributed by atoms with Gasteiger partial charge in [-0.1, -0.05) is 58.9 Å². The second-order valence-corrected chi connectivity index (χ2v) is 4.42. The highest BCUT2D eigenvalue weighted by Gasteiger charge is 2.04. The number of nitrogens with zero attached hydrogens (tertiary/aromatic N) is 1. The normalized spacial score (nSPS) is 8.90. The summed E-state index contributed by atoms with van der Waals surface area (Å²) < 4.78 is 0. The number of aryl methyl sites for hydroxylation is 2. The Kier molecular flexibility index (Phi) is 10.0. The summed E-state index contributed by atoms with van der Waals surface area (Å²) >= 11 is 0. The summed E-state index contributed by atoms with van der Waals surface area (Å²) in [4.78, 5) is 2.23. The highest BCUT2D eigenvalue weighted by atomic mass is 15.1. The average Bonchev–Trinajstić information content (AvgIpc) is 2.58. The molecule has 0 unspecified atom stereocenters. The van der Waals surface area contributed by atoms with E-state index in [1.54, 1.807) is 0 Å². The molecular weight excluding hydrogens is 254 g/mol. The molecule has 0 atom stereocenters. The van der Waals surface area contributed by atoms with Crippen LogP contribution in [0.25, 0.3) is 0 Å². The lowest BCUT2D eigenvalue weighted by molar-refractivity contribution is 1.12. The first-order chi connectivity index (χ1) is 10.2. The molecule has 0 bridgehead atoms. The smallest absolute Gasteiger partial charge is 0.0410 e. The molecule has 2 rings (SSSR count). The molecule has 116 valence electrons. The second kappa shape index (κ2) is 11.0. The highest BCUT2D eigenvalue weighted by Crippen LogP contribution is 2.24. The zero-order valence-corrected chi connectivity index (χ0v) is 14.8. The van der Waals surface area contributed by atoms with Crippen LogP contribution in [-0.4, -0.2) is 7.05 Å². The van der Waals surface area contributed by atoms with E-state index in [2.05, 4.69) is 74.3 Å². The Labute approximate surface area is 131 Å². The van der Waals surface area contributed by atoms with E-state index in [1.165, 1.54) is 22.5 Å². The topological polar surface area (TPSA) is 3.24 Å². The first-order valence-electron chi connectivity index (χ1n) is 8.10. The van der Waals surface area contributed by atoms with Crippen LogP contribution in [0.4, 0.5) is 11.4 Å². The number of anilines is 2. The third-order valence-electron chi connectivity index (χ3n) is 3.10. The molecule has 0 radical (unpaired) electrons. The van der Waals surface area contributed by atoms with Crippen LogP contribution in [0.15, 0.2) is 48.5 Å². The van der Waals surface area contributed by atoms with Crippen LogP contribution in [0.5, 0.6) is 0 Å². The predicted octanol–water partition coefficient (Wildman–Crippen LogP) is 6.38. The standard InChI is InChI=1S/C16H19N.2C2H6/c1-4-14-8-6-10-16(12-14)17(3)15-9-5-7-13(2)11-15;2*1-2/h5-12H,4H2,1-3H3;2*1-2H3. The van der Waals surface area contributed by atoms with Crippen molar-refractivity contribution in [3.63, 3.8) is 0 Å². The maximum atomic E-state index is 2.25. The summed E-state index contributed by atoms with van der Waals surface area (Å²) in [7, 11) is 2.11. The number of rotatable bonds is 3. The van der Waals surface area contributed by atoms with E-state index in [9.17, 15) is 0 Å². The lowest BCUT2D eigenvalue weighted by Gasteiger charge is -2.20. The van der Waals surface area contributed by atoms with Gasteiger partial charge in [-0.25, -0.2) is 0 Å². The van der Waals surface area contributed by atoms with Gasteiger partial charge in [0.1, 0.15) is 0 Å². The van der Waals surface area contributed by atoms with Gasteiger partial charge in [-0.05, 0) is 48.7 Å². The van der Waals surface area contributed by atoms with Crippen molar-refractivity contribution in [2.24, 2.45) is 0 Å². The minimum atomic E-state index is 1.08. The fourth-order valence-electron chi connectivity index (χ4n) is 1.97. The van der Waals surface area contributed by atoms with Gasteiger partial charge in [0.2, 0.25) is 0 Å². The molecule has 0 saturated heterocycles. The first kappa shape index (κ1) is 19.2. The minimum Gasteiger partial charge on any atom is -0.345 e. The van der Waals surface area contributed by atoms with Gasteiger partial charge in [0, 0.05) is 18.4 Å². The van der Waals surface area contributed by atoms with Gasteiger partial charge >= 0.3 is 0 Å². The molecule has 1 nitrogen and oxygen atoms in total. The first-order valence-corrected chi connectivity index (χ1v) is 8.10. The van der Waals surface area contributed by atoms with Crippen molar-refractivity contribution >= 4 is 11.4 Å². The quantitative estimate of drug-likeness (QED) is 0.632. The lowest BCUT2D eigenvalue weighted by Crippen LogP contribution is -2.09. The summed E-state index contributed by atoms with van der Waals surface area (Å²) in [6, 6.07) is 17.3. The Hall–Kier alpha value is -1.76. The Morgan fingerprint density at radius 1 is 0.810 bits per heavy atom. The van der Waals surface area contributed by atoms with E-state index in [1.807, 2.05) is 27.7 Å². The SMILES string of the molecule is CC.CC.CCc1cccc(N(C)c2cccc(C)c2)c1. The third-order valence-corrected chi connectivity index (χ3v) is 3.10. The summed E-state index contributed by atoms with van der Waals surface area (Å²) in [5.74, 6) is 0. The van der Waals surface area contributed by atoms with Crippen molar-refractivity contribution < 1.29 is 0 Å². The van der Waals surface area contributed by atoms with E-state index >= 15 is 0 Å². The Balaban J connectivity index is 0.000000921. The van der Waals surface area contributed by atoms with E-state index in [0.717, 1.165) is 6.42 Å². The summed E-state index contributed by atoms with van der Waals surface area (Å²) in [5, 5.41) is 0. The van der Waals surface area contributed by atoms with Crippen molar-refractivity contribution in [3.05, 3.63) is 59.7 Å². The van der Waals surface area contributed by atoms with Crippen molar-refractivity contribution in [1.29, 1.82) is 0 Å². The maximum Gasteiger partial charge on any atom is 0.0410 e. The average molecular weight is 285 g/mol.